The van der Waals surface area contributed by atoms with Crippen LogP contribution in [0.2, 0.25) is 0 Å². The second-order valence-corrected chi connectivity index (χ2v) is 5.33. The quantitative estimate of drug-likeness (QED) is 0.708. The molecule has 20 heavy (non-hydrogen) atoms. The van der Waals surface area contributed by atoms with Crippen molar-refractivity contribution in [1.29, 1.82) is 0 Å². The minimum Gasteiger partial charge on any atom is -0.478 e. The Kier molecular flexibility index (Phi) is 5.22. The number of hydrogen-bond acceptors (Lipinski definition) is 1. The lowest BCUT2D eigenvalue weighted by Gasteiger charge is -2.07. The zero-order valence-electron chi connectivity index (χ0n) is 12.1. The van der Waals surface area contributed by atoms with Gasteiger partial charge in [0.2, 0.25) is 0 Å². The van der Waals surface area contributed by atoms with Crippen LogP contribution in [0.3, 0.4) is 0 Å². The maximum atomic E-state index is 11.3. The minimum atomic E-state index is -0.849. The molecule has 0 radical (unpaired) electrons. The van der Waals surface area contributed by atoms with Crippen molar-refractivity contribution >= 4 is 16.9 Å². The van der Waals surface area contributed by atoms with E-state index in [2.05, 4.69) is 11.5 Å². The third-order valence-corrected chi connectivity index (χ3v) is 3.77. The van der Waals surface area contributed by atoms with Gasteiger partial charge in [0.05, 0.1) is 11.1 Å². The Morgan fingerprint density at radius 3 is 2.60 bits per heavy atom. The van der Waals surface area contributed by atoms with Crippen LogP contribution in [-0.2, 0) is 6.54 Å². The molecular weight excluding hydrogens is 250 g/mol. The molecule has 108 valence electrons. The number of aryl methyl sites for hydroxylation is 1. The van der Waals surface area contributed by atoms with Crippen molar-refractivity contribution in [3.63, 3.8) is 0 Å². The monoisotopic (exact) mass is 273 g/mol. The van der Waals surface area contributed by atoms with Gasteiger partial charge in [-0.15, -0.1) is 0 Å². The van der Waals surface area contributed by atoms with E-state index in [1.165, 1.54) is 32.1 Å². The highest BCUT2D eigenvalue weighted by atomic mass is 16.4. The van der Waals surface area contributed by atoms with Gasteiger partial charge in [0, 0.05) is 18.1 Å². The van der Waals surface area contributed by atoms with Crippen molar-refractivity contribution in [3.8, 4) is 0 Å². The topological polar surface area (TPSA) is 42.2 Å². The van der Waals surface area contributed by atoms with Crippen LogP contribution in [0, 0.1) is 0 Å². The van der Waals surface area contributed by atoms with Gasteiger partial charge in [-0.3, -0.25) is 0 Å². The normalized spacial score (nSPS) is 11.1. The van der Waals surface area contributed by atoms with Crippen LogP contribution < -0.4 is 0 Å². The summed E-state index contributed by atoms with van der Waals surface area (Å²) in [7, 11) is 0. The van der Waals surface area contributed by atoms with Crippen LogP contribution in [0.15, 0.2) is 30.5 Å². The van der Waals surface area contributed by atoms with Gasteiger partial charge in [-0.25, -0.2) is 4.79 Å². The summed E-state index contributed by atoms with van der Waals surface area (Å²) in [5.41, 5.74) is 1.26. The van der Waals surface area contributed by atoms with E-state index in [-0.39, 0.29) is 0 Å². The van der Waals surface area contributed by atoms with Crippen LogP contribution in [0.1, 0.15) is 55.8 Å². The van der Waals surface area contributed by atoms with Crippen LogP contribution >= 0.6 is 0 Å². The number of rotatable bonds is 8. The first-order valence-electron chi connectivity index (χ1n) is 7.55. The zero-order chi connectivity index (χ0) is 14.4. The number of hydrogen-bond donors (Lipinski definition) is 1. The molecule has 0 aliphatic heterocycles. The number of carbonyl (C=O) groups is 1. The highest BCUT2D eigenvalue weighted by molar-refractivity contribution is 6.02. The summed E-state index contributed by atoms with van der Waals surface area (Å²) in [5.74, 6) is -0.849. The SMILES string of the molecule is CCCCCCCCn1ccc2cccc(C(=O)O)c21. The summed E-state index contributed by atoms with van der Waals surface area (Å²) in [5, 5.41) is 10.3. The number of carboxylic acids is 1. The molecule has 1 aromatic heterocycles. The summed E-state index contributed by atoms with van der Waals surface area (Å²) >= 11 is 0. The highest BCUT2D eigenvalue weighted by Crippen LogP contribution is 2.21. The zero-order valence-corrected chi connectivity index (χ0v) is 12.1. The van der Waals surface area contributed by atoms with Crippen LogP contribution in [0.25, 0.3) is 10.9 Å². The highest BCUT2D eigenvalue weighted by Gasteiger charge is 2.11. The molecule has 2 rings (SSSR count). The molecule has 0 saturated carbocycles. The van der Waals surface area contributed by atoms with Crippen LogP contribution in [0.4, 0.5) is 0 Å². The van der Waals surface area contributed by atoms with Gasteiger partial charge in [-0.05, 0) is 18.6 Å². The second-order valence-electron chi connectivity index (χ2n) is 5.33. The van der Waals surface area contributed by atoms with Gasteiger partial charge in [-0.2, -0.15) is 0 Å². The van der Waals surface area contributed by atoms with Crippen molar-refractivity contribution < 1.29 is 9.90 Å². The molecule has 0 aliphatic carbocycles. The molecule has 3 heteroatoms. The number of aromatic nitrogens is 1. The predicted octanol–water partition coefficient (Wildman–Crippen LogP) is 4.70. The number of unbranched alkanes of at least 4 members (excludes halogenated alkanes) is 5. The molecule has 1 N–H and O–H groups in total. The number of carboxylic acid groups (broad SMARTS) is 1. The van der Waals surface area contributed by atoms with Crippen molar-refractivity contribution in [1.82, 2.24) is 4.57 Å². The van der Waals surface area contributed by atoms with E-state index in [4.69, 9.17) is 0 Å². The average Bonchev–Trinajstić information content (AvgIpc) is 2.86. The first-order valence-corrected chi connectivity index (χ1v) is 7.55. The largest absolute Gasteiger partial charge is 0.478 e. The molecule has 0 atom stereocenters. The van der Waals surface area contributed by atoms with E-state index in [1.807, 2.05) is 18.3 Å². The van der Waals surface area contributed by atoms with E-state index in [0.717, 1.165) is 23.9 Å². The summed E-state index contributed by atoms with van der Waals surface area (Å²) in [6.45, 7) is 3.12. The standard InChI is InChI=1S/C17H23NO2/c1-2-3-4-5-6-7-12-18-13-11-14-9-8-10-15(16(14)18)17(19)20/h8-11,13H,2-7,12H2,1H3,(H,19,20). The van der Waals surface area contributed by atoms with Crippen molar-refractivity contribution in [2.45, 2.75) is 52.0 Å². The first kappa shape index (κ1) is 14.6. The summed E-state index contributed by atoms with van der Waals surface area (Å²) in [6, 6.07) is 7.46. The van der Waals surface area contributed by atoms with Crippen molar-refractivity contribution in [3.05, 3.63) is 36.0 Å². The minimum absolute atomic E-state index is 0.401. The van der Waals surface area contributed by atoms with Crippen LogP contribution in [-0.4, -0.2) is 15.6 Å². The smallest absolute Gasteiger partial charge is 0.337 e. The fourth-order valence-corrected chi connectivity index (χ4v) is 2.68. The van der Waals surface area contributed by atoms with Gasteiger partial charge in [0.25, 0.3) is 0 Å². The molecule has 3 nitrogen and oxygen atoms in total. The van der Waals surface area contributed by atoms with Gasteiger partial charge < -0.3 is 9.67 Å². The van der Waals surface area contributed by atoms with Gasteiger partial charge in [-0.1, -0.05) is 51.2 Å². The third kappa shape index (κ3) is 3.41. The van der Waals surface area contributed by atoms with E-state index in [1.54, 1.807) is 12.1 Å². The molecule has 0 unspecified atom stereocenters. The lowest BCUT2D eigenvalue weighted by Crippen LogP contribution is -2.03. The molecule has 0 bridgehead atoms. The Morgan fingerprint density at radius 1 is 1.10 bits per heavy atom. The Bertz CT molecular complexity index is 571. The molecular formula is C17H23NO2. The molecule has 1 heterocycles. The van der Waals surface area contributed by atoms with Gasteiger partial charge >= 0.3 is 5.97 Å². The summed E-state index contributed by atoms with van der Waals surface area (Å²) in [6.07, 6.45) is 9.50. The van der Waals surface area contributed by atoms with E-state index >= 15 is 0 Å². The summed E-state index contributed by atoms with van der Waals surface area (Å²) in [4.78, 5) is 11.3. The number of para-hydroxylation sites is 1. The lowest BCUT2D eigenvalue weighted by molar-refractivity contribution is 0.0698. The predicted molar refractivity (Wildman–Crippen MR) is 82.3 cm³/mol. The van der Waals surface area contributed by atoms with Crippen molar-refractivity contribution in [2.75, 3.05) is 0 Å². The number of benzene rings is 1. The average molecular weight is 273 g/mol. The fourth-order valence-electron chi connectivity index (χ4n) is 2.68. The Balaban J connectivity index is 2.01. The van der Waals surface area contributed by atoms with Gasteiger partial charge in [0.1, 0.15) is 0 Å². The summed E-state index contributed by atoms with van der Waals surface area (Å²) < 4.78 is 2.08. The number of nitrogens with zero attached hydrogens (tertiary/aromatic N) is 1. The Labute approximate surface area is 120 Å². The lowest BCUT2D eigenvalue weighted by atomic mass is 10.1. The molecule has 0 fully saturated rings. The maximum Gasteiger partial charge on any atom is 0.337 e. The number of aromatic carboxylic acids is 1. The molecule has 0 saturated heterocycles. The Morgan fingerprint density at radius 2 is 1.85 bits per heavy atom. The molecule has 0 aliphatic rings. The second kappa shape index (κ2) is 7.13. The maximum absolute atomic E-state index is 11.3. The molecule has 0 amide bonds. The van der Waals surface area contributed by atoms with E-state index in [0.29, 0.717) is 5.56 Å². The van der Waals surface area contributed by atoms with E-state index in [9.17, 15) is 9.90 Å². The van der Waals surface area contributed by atoms with Gasteiger partial charge in [0.15, 0.2) is 0 Å². The first-order chi connectivity index (χ1) is 9.74. The number of fused-ring (bicyclic) bond motifs is 1. The van der Waals surface area contributed by atoms with E-state index < -0.39 is 5.97 Å². The Hall–Kier alpha value is -1.77. The third-order valence-electron chi connectivity index (χ3n) is 3.77. The molecule has 1 aromatic carbocycles. The van der Waals surface area contributed by atoms with Crippen LogP contribution in [0.5, 0.6) is 0 Å². The van der Waals surface area contributed by atoms with Crippen molar-refractivity contribution in [2.24, 2.45) is 0 Å². The fraction of sp³-hybridized carbons (Fsp3) is 0.471. The molecule has 0 spiro atoms. The molecule has 2 aromatic rings.